The van der Waals surface area contributed by atoms with Crippen LogP contribution in [0.3, 0.4) is 0 Å². The second-order valence-electron chi connectivity index (χ2n) is 6.93. The van der Waals surface area contributed by atoms with Crippen molar-refractivity contribution < 1.29 is 28.5 Å². The maximum Gasteiger partial charge on any atom is 0.310 e. The van der Waals surface area contributed by atoms with Crippen LogP contribution in [0, 0.1) is 5.92 Å². The molecular formula is C19H33NO6. The molecule has 0 radical (unpaired) electrons. The fourth-order valence-corrected chi connectivity index (χ4v) is 3.84. The van der Waals surface area contributed by atoms with Crippen molar-refractivity contribution in [3.8, 4) is 0 Å². The molecule has 2 fully saturated rings. The fourth-order valence-electron chi connectivity index (χ4n) is 3.84. The van der Waals surface area contributed by atoms with Crippen molar-refractivity contribution in [2.45, 2.75) is 77.2 Å². The number of hydrogen-bond donors (Lipinski definition) is 1. The Labute approximate surface area is 156 Å². The molecule has 2 aliphatic rings. The molecule has 7 nitrogen and oxygen atoms in total. The zero-order valence-corrected chi connectivity index (χ0v) is 16.3. The summed E-state index contributed by atoms with van der Waals surface area (Å²) in [4.78, 5) is 24.1. The molecule has 3 atom stereocenters. The highest BCUT2D eigenvalue weighted by atomic mass is 16.7. The maximum absolute atomic E-state index is 12.5. The lowest BCUT2D eigenvalue weighted by Crippen LogP contribution is -2.53. The van der Waals surface area contributed by atoms with Crippen LogP contribution < -0.4 is 5.32 Å². The minimum absolute atomic E-state index is 0.000351. The van der Waals surface area contributed by atoms with Crippen molar-refractivity contribution in [1.29, 1.82) is 0 Å². The molecule has 0 aromatic rings. The highest BCUT2D eigenvalue weighted by Crippen LogP contribution is 2.39. The molecule has 26 heavy (non-hydrogen) atoms. The van der Waals surface area contributed by atoms with Gasteiger partial charge in [0.15, 0.2) is 5.79 Å². The van der Waals surface area contributed by atoms with E-state index in [1.54, 1.807) is 0 Å². The van der Waals surface area contributed by atoms with Gasteiger partial charge < -0.3 is 24.3 Å². The number of hydrogen-bond acceptors (Lipinski definition) is 7. The summed E-state index contributed by atoms with van der Waals surface area (Å²) in [5.41, 5.74) is 0. The summed E-state index contributed by atoms with van der Waals surface area (Å²) >= 11 is 0. The summed E-state index contributed by atoms with van der Waals surface area (Å²) < 4.78 is 21.9. The van der Waals surface area contributed by atoms with Crippen molar-refractivity contribution in [3.05, 3.63) is 0 Å². The molecule has 150 valence electrons. The molecule has 1 heterocycles. The second-order valence-corrected chi connectivity index (χ2v) is 6.93. The third-order valence-corrected chi connectivity index (χ3v) is 5.20. The minimum Gasteiger partial charge on any atom is -0.466 e. The number of carbonyl (C=O) groups excluding carboxylic acids is 2. The first-order valence-corrected chi connectivity index (χ1v) is 9.89. The van der Waals surface area contributed by atoms with E-state index in [2.05, 4.69) is 12.2 Å². The van der Waals surface area contributed by atoms with Crippen molar-refractivity contribution in [2.24, 2.45) is 5.92 Å². The normalized spacial score (nSPS) is 25.8. The third-order valence-electron chi connectivity index (χ3n) is 5.20. The van der Waals surface area contributed by atoms with Crippen LogP contribution in [0.25, 0.3) is 0 Å². The van der Waals surface area contributed by atoms with Gasteiger partial charge in [-0.1, -0.05) is 6.92 Å². The van der Waals surface area contributed by atoms with E-state index in [1.165, 1.54) is 0 Å². The van der Waals surface area contributed by atoms with E-state index in [4.69, 9.17) is 18.9 Å². The van der Waals surface area contributed by atoms with E-state index in [0.717, 1.165) is 19.3 Å². The average molecular weight is 371 g/mol. The quantitative estimate of drug-likeness (QED) is 0.622. The largest absolute Gasteiger partial charge is 0.466 e. The van der Waals surface area contributed by atoms with Gasteiger partial charge in [0.2, 0.25) is 0 Å². The van der Waals surface area contributed by atoms with Gasteiger partial charge in [0.1, 0.15) is 0 Å². The maximum atomic E-state index is 12.5. The molecule has 0 bridgehead atoms. The van der Waals surface area contributed by atoms with Crippen LogP contribution in [-0.4, -0.2) is 56.2 Å². The van der Waals surface area contributed by atoms with Crippen molar-refractivity contribution in [2.75, 3.05) is 26.4 Å². The van der Waals surface area contributed by atoms with Gasteiger partial charge in [0.25, 0.3) is 0 Å². The van der Waals surface area contributed by atoms with Gasteiger partial charge in [-0.25, -0.2) is 0 Å². The Hall–Kier alpha value is -1.18. The van der Waals surface area contributed by atoms with E-state index in [1.807, 2.05) is 13.8 Å². The SMILES string of the molecule is CCOC(=O)CCC(CC)NC1CCC2(CC1C(=O)OCC)OCCO2. The Kier molecular flexibility index (Phi) is 8.31. The van der Waals surface area contributed by atoms with E-state index in [0.29, 0.717) is 45.7 Å². The monoisotopic (exact) mass is 371 g/mol. The summed E-state index contributed by atoms with van der Waals surface area (Å²) in [5, 5.41) is 3.58. The Bertz CT molecular complexity index is 463. The number of ether oxygens (including phenoxy) is 4. The molecule has 1 N–H and O–H groups in total. The summed E-state index contributed by atoms with van der Waals surface area (Å²) in [6.45, 7) is 7.61. The van der Waals surface area contributed by atoms with Crippen molar-refractivity contribution in [3.63, 3.8) is 0 Å². The summed E-state index contributed by atoms with van der Waals surface area (Å²) in [7, 11) is 0. The van der Waals surface area contributed by atoms with Crippen LogP contribution in [0.1, 0.15) is 59.3 Å². The number of rotatable bonds is 9. The van der Waals surface area contributed by atoms with Gasteiger partial charge in [-0.05, 0) is 33.1 Å². The summed E-state index contributed by atoms with van der Waals surface area (Å²) in [6.07, 6.45) is 4.00. The predicted octanol–water partition coefficient (Wildman–Crippen LogP) is 2.17. The molecule has 0 aromatic heterocycles. The fraction of sp³-hybridized carbons (Fsp3) is 0.895. The van der Waals surface area contributed by atoms with Crippen molar-refractivity contribution in [1.82, 2.24) is 5.32 Å². The lowest BCUT2D eigenvalue weighted by atomic mass is 9.80. The van der Waals surface area contributed by atoms with Crippen molar-refractivity contribution >= 4 is 11.9 Å². The minimum atomic E-state index is -0.637. The molecule has 1 aliphatic carbocycles. The Morgan fingerprint density at radius 1 is 1.15 bits per heavy atom. The zero-order chi connectivity index (χ0) is 19.0. The van der Waals surface area contributed by atoms with Gasteiger partial charge in [0, 0.05) is 31.3 Å². The van der Waals surface area contributed by atoms with Crippen LogP contribution in [0.4, 0.5) is 0 Å². The lowest BCUT2D eigenvalue weighted by molar-refractivity contribution is -0.199. The molecule has 2 rings (SSSR count). The van der Waals surface area contributed by atoms with Crippen LogP contribution in [0.2, 0.25) is 0 Å². The van der Waals surface area contributed by atoms with Gasteiger partial charge in [-0.15, -0.1) is 0 Å². The molecule has 3 unspecified atom stereocenters. The molecule has 1 saturated heterocycles. The van der Waals surface area contributed by atoms with E-state index < -0.39 is 5.79 Å². The first-order valence-electron chi connectivity index (χ1n) is 9.89. The summed E-state index contributed by atoms with van der Waals surface area (Å²) in [5.74, 6) is -1.32. The first kappa shape index (κ1) is 21.1. The number of nitrogens with one attached hydrogen (secondary N) is 1. The average Bonchev–Trinajstić information content (AvgIpc) is 3.08. The Morgan fingerprint density at radius 2 is 1.85 bits per heavy atom. The molecule has 1 aliphatic heterocycles. The van der Waals surface area contributed by atoms with Gasteiger partial charge in [0.05, 0.1) is 32.3 Å². The van der Waals surface area contributed by atoms with Gasteiger partial charge in [-0.3, -0.25) is 9.59 Å². The summed E-state index contributed by atoms with van der Waals surface area (Å²) in [6, 6.07) is 0.153. The molecular weight excluding hydrogens is 338 g/mol. The van der Waals surface area contributed by atoms with Crippen LogP contribution >= 0.6 is 0 Å². The molecule has 0 amide bonds. The van der Waals surface area contributed by atoms with E-state index in [-0.39, 0.29) is 29.9 Å². The van der Waals surface area contributed by atoms with E-state index >= 15 is 0 Å². The molecule has 7 heteroatoms. The highest BCUT2D eigenvalue weighted by Gasteiger charge is 2.48. The first-order chi connectivity index (χ1) is 12.5. The zero-order valence-electron chi connectivity index (χ0n) is 16.3. The third kappa shape index (κ3) is 5.66. The second kappa shape index (κ2) is 10.2. The van der Waals surface area contributed by atoms with Gasteiger partial charge >= 0.3 is 11.9 Å². The predicted molar refractivity (Wildman–Crippen MR) is 95.5 cm³/mol. The lowest BCUT2D eigenvalue weighted by Gasteiger charge is -2.41. The Balaban J connectivity index is 1.97. The number of carbonyl (C=O) groups is 2. The van der Waals surface area contributed by atoms with Crippen LogP contribution in [-0.2, 0) is 28.5 Å². The molecule has 1 saturated carbocycles. The molecule has 1 spiro atoms. The van der Waals surface area contributed by atoms with Gasteiger partial charge in [-0.2, -0.15) is 0 Å². The number of esters is 2. The van der Waals surface area contributed by atoms with Crippen LogP contribution in [0.15, 0.2) is 0 Å². The Morgan fingerprint density at radius 3 is 2.46 bits per heavy atom. The highest BCUT2D eigenvalue weighted by molar-refractivity contribution is 5.73. The standard InChI is InChI=1S/C19H33NO6/c1-4-14(7-8-17(21)23-5-2)20-16-9-10-19(25-11-12-26-19)13-15(16)18(22)24-6-3/h14-16,20H,4-13H2,1-3H3. The topological polar surface area (TPSA) is 83.1 Å². The van der Waals surface area contributed by atoms with Crippen LogP contribution in [0.5, 0.6) is 0 Å². The van der Waals surface area contributed by atoms with E-state index in [9.17, 15) is 9.59 Å². The molecule has 0 aromatic carbocycles. The smallest absolute Gasteiger partial charge is 0.310 e.